The Balaban J connectivity index is 1.69. The number of carbonyl (C=O) groups excluding carboxylic acids is 1. The maximum absolute atomic E-state index is 12.8. The van der Waals surface area contributed by atoms with Crippen LogP contribution < -0.4 is 5.32 Å². The van der Waals surface area contributed by atoms with Crippen LogP contribution in [0.3, 0.4) is 0 Å². The predicted octanol–water partition coefficient (Wildman–Crippen LogP) is 4.38. The molecule has 4 rings (SSSR count). The Hall–Kier alpha value is -2.31. The molecule has 0 radical (unpaired) electrons. The van der Waals surface area contributed by atoms with Gasteiger partial charge in [0.1, 0.15) is 11.4 Å². The number of rotatable bonds is 3. The van der Waals surface area contributed by atoms with Crippen molar-refractivity contribution in [2.75, 3.05) is 11.9 Å². The maximum atomic E-state index is 12.8. The first-order chi connectivity index (χ1) is 13.2. The molecule has 0 aromatic carbocycles. The van der Waals surface area contributed by atoms with Gasteiger partial charge in [-0.2, -0.15) is 9.61 Å². The van der Waals surface area contributed by atoms with E-state index in [0.29, 0.717) is 12.6 Å². The number of aryl methyl sites for hydroxylation is 1. The molecule has 2 aromatic rings. The van der Waals surface area contributed by atoms with Gasteiger partial charge in [0.2, 0.25) is 0 Å². The molecule has 2 fully saturated rings. The number of carbonyl (C=O) groups is 1. The Kier molecular flexibility index (Phi) is 4.71. The fourth-order valence-electron chi connectivity index (χ4n) is 3.75. The molecule has 1 saturated heterocycles. The molecule has 28 heavy (non-hydrogen) atoms. The van der Waals surface area contributed by atoms with Gasteiger partial charge >= 0.3 is 6.09 Å². The maximum Gasteiger partial charge on any atom is 0.410 e. The van der Waals surface area contributed by atoms with Gasteiger partial charge in [-0.15, -0.1) is 0 Å². The van der Waals surface area contributed by atoms with Crippen LogP contribution in [0.15, 0.2) is 6.07 Å². The molecule has 1 unspecified atom stereocenters. The zero-order valence-electron chi connectivity index (χ0n) is 17.6. The summed E-state index contributed by atoms with van der Waals surface area (Å²) in [6.07, 6.45) is 5.11. The second-order valence-electron chi connectivity index (χ2n) is 9.11. The second kappa shape index (κ2) is 6.94. The fourth-order valence-corrected chi connectivity index (χ4v) is 3.75. The zero-order valence-corrected chi connectivity index (χ0v) is 17.6. The number of aromatic nitrogens is 3. The van der Waals surface area contributed by atoms with Crippen molar-refractivity contribution in [1.29, 1.82) is 0 Å². The summed E-state index contributed by atoms with van der Waals surface area (Å²) < 4.78 is 7.56. The van der Waals surface area contributed by atoms with Gasteiger partial charge in [-0.05, 0) is 66.7 Å². The van der Waals surface area contributed by atoms with Crippen molar-refractivity contribution < 1.29 is 9.53 Å². The minimum absolute atomic E-state index is 0.0697. The molecule has 0 bridgehead atoms. The average molecular weight is 386 g/mol. The summed E-state index contributed by atoms with van der Waals surface area (Å²) in [5.74, 6) is 1.02. The molecule has 1 amide bonds. The number of hydrogen-bond acceptors (Lipinski definition) is 5. The van der Waals surface area contributed by atoms with Gasteiger partial charge in [-0.1, -0.05) is 0 Å². The lowest BCUT2D eigenvalue weighted by atomic mass is 10.00. The highest BCUT2D eigenvalue weighted by molar-refractivity contribution is 5.69. The second-order valence-corrected chi connectivity index (χ2v) is 9.11. The third-order valence-electron chi connectivity index (χ3n) is 5.49. The molecule has 0 spiro atoms. The summed E-state index contributed by atoms with van der Waals surface area (Å²) in [5, 5.41) is 8.49. The van der Waals surface area contributed by atoms with Crippen LogP contribution in [-0.4, -0.2) is 43.8 Å². The monoisotopic (exact) mass is 385 g/mol. The van der Waals surface area contributed by atoms with Crippen molar-refractivity contribution in [1.82, 2.24) is 19.5 Å². The minimum atomic E-state index is -0.505. The van der Waals surface area contributed by atoms with Crippen LogP contribution in [-0.2, 0) is 4.74 Å². The van der Waals surface area contributed by atoms with Crippen LogP contribution in [0.2, 0.25) is 0 Å². The van der Waals surface area contributed by atoms with E-state index in [1.165, 1.54) is 12.8 Å². The van der Waals surface area contributed by atoms with Crippen molar-refractivity contribution in [3.63, 3.8) is 0 Å². The van der Waals surface area contributed by atoms with E-state index in [-0.39, 0.29) is 12.1 Å². The average Bonchev–Trinajstić information content (AvgIpc) is 3.35. The molecule has 1 atom stereocenters. The van der Waals surface area contributed by atoms with Crippen LogP contribution in [0.1, 0.15) is 75.9 Å². The molecular weight excluding hydrogens is 354 g/mol. The lowest BCUT2D eigenvalue weighted by Crippen LogP contribution is -2.42. The van der Waals surface area contributed by atoms with Gasteiger partial charge in [0.05, 0.1) is 11.7 Å². The smallest absolute Gasteiger partial charge is 0.410 e. The summed E-state index contributed by atoms with van der Waals surface area (Å²) in [5.41, 5.74) is 3.35. The topological polar surface area (TPSA) is 71.8 Å². The van der Waals surface area contributed by atoms with Gasteiger partial charge in [0.25, 0.3) is 0 Å². The third kappa shape index (κ3) is 3.80. The molecule has 1 N–H and O–H groups in total. The fraction of sp³-hybridized carbons (Fsp3) is 0.667. The number of anilines is 1. The van der Waals surface area contributed by atoms with E-state index in [2.05, 4.69) is 12.2 Å². The Morgan fingerprint density at radius 1 is 1.21 bits per heavy atom. The van der Waals surface area contributed by atoms with Gasteiger partial charge in [-0.25, -0.2) is 9.78 Å². The molecule has 3 heterocycles. The first-order valence-corrected chi connectivity index (χ1v) is 10.4. The summed E-state index contributed by atoms with van der Waals surface area (Å²) in [6.45, 7) is 10.5. The first kappa shape index (κ1) is 19.0. The summed E-state index contributed by atoms with van der Waals surface area (Å²) in [7, 11) is 0. The zero-order chi connectivity index (χ0) is 20.1. The summed E-state index contributed by atoms with van der Waals surface area (Å²) in [6, 6.07) is 2.49. The van der Waals surface area contributed by atoms with Crippen molar-refractivity contribution in [2.24, 2.45) is 0 Å². The number of ether oxygens (including phenoxy) is 1. The number of amides is 1. The van der Waals surface area contributed by atoms with Crippen LogP contribution in [0.25, 0.3) is 5.65 Å². The lowest BCUT2D eigenvalue weighted by Gasteiger charge is -2.35. The first-order valence-electron chi connectivity index (χ1n) is 10.4. The normalized spacial score (nSPS) is 20.5. The van der Waals surface area contributed by atoms with E-state index in [4.69, 9.17) is 14.8 Å². The van der Waals surface area contributed by atoms with E-state index < -0.39 is 5.60 Å². The number of piperidine rings is 1. The Labute approximate surface area is 166 Å². The van der Waals surface area contributed by atoms with Gasteiger partial charge in [0, 0.05) is 29.9 Å². The van der Waals surface area contributed by atoms with E-state index in [1.54, 1.807) is 0 Å². The van der Waals surface area contributed by atoms with Crippen molar-refractivity contribution in [3.05, 3.63) is 23.0 Å². The standard InChI is InChI=1S/C21H31N5O2/c1-13-14(2)22-18-12-16(24-26(18)19(13)23-15-9-10-15)17-8-6-7-11-25(17)20(27)28-21(3,4)5/h12,15,17,23H,6-11H2,1-5H3. The lowest BCUT2D eigenvalue weighted by molar-refractivity contribution is 0.00898. The highest BCUT2D eigenvalue weighted by Gasteiger charge is 2.33. The number of nitrogens with zero attached hydrogens (tertiary/aromatic N) is 4. The van der Waals surface area contributed by atoms with Crippen molar-refractivity contribution in [2.45, 2.75) is 84.4 Å². The van der Waals surface area contributed by atoms with Crippen LogP contribution in [0, 0.1) is 13.8 Å². The molecule has 7 heteroatoms. The van der Waals surface area contributed by atoms with Crippen LogP contribution >= 0.6 is 0 Å². The van der Waals surface area contributed by atoms with Gasteiger partial charge in [-0.3, -0.25) is 4.90 Å². The molecule has 152 valence electrons. The van der Waals surface area contributed by atoms with E-state index in [9.17, 15) is 4.79 Å². The molecule has 1 aliphatic carbocycles. The number of hydrogen-bond donors (Lipinski definition) is 1. The highest BCUT2D eigenvalue weighted by atomic mass is 16.6. The number of likely N-dealkylation sites (tertiary alicyclic amines) is 1. The van der Waals surface area contributed by atoms with Crippen molar-refractivity contribution in [3.8, 4) is 0 Å². The molecular formula is C21H31N5O2. The highest BCUT2D eigenvalue weighted by Crippen LogP contribution is 2.34. The molecule has 1 saturated carbocycles. The van der Waals surface area contributed by atoms with E-state index in [0.717, 1.165) is 47.7 Å². The third-order valence-corrected chi connectivity index (χ3v) is 5.49. The van der Waals surface area contributed by atoms with Crippen LogP contribution in [0.4, 0.5) is 10.6 Å². The van der Waals surface area contributed by atoms with Gasteiger partial charge < -0.3 is 10.1 Å². The van der Waals surface area contributed by atoms with E-state index in [1.807, 2.05) is 43.2 Å². The quantitative estimate of drug-likeness (QED) is 0.849. The molecule has 7 nitrogen and oxygen atoms in total. The Bertz CT molecular complexity index is 894. The molecule has 2 aromatic heterocycles. The van der Waals surface area contributed by atoms with Crippen LogP contribution in [0.5, 0.6) is 0 Å². The van der Waals surface area contributed by atoms with Crippen molar-refractivity contribution >= 4 is 17.6 Å². The molecule has 1 aliphatic heterocycles. The summed E-state index contributed by atoms with van der Waals surface area (Å²) >= 11 is 0. The number of nitrogens with one attached hydrogen (secondary N) is 1. The SMILES string of the molecule is Cc1nc2cc(C3CCCCN3C(=O)OC(C)(C)C)nn2c(NC2CC2)c1C. The minimum Gasteiger partial charge on any atom is -0.444 e. The largest absolute Gasteiger partial charge is 0.444 e. The molecule has 2 aliphatic rings. The Morgan fingerprint density at radius 2 is 1.96 bits per heavy atom. The Morgan fingerprint density at radius 3 is 2.64 bits per heavy atom. The summed E-state index contributed by atoms with van der Waals surface area (Å²) in [4.78, 5) is 19.4. The number of fused-ring (bicyclic) bond motifs is 1. The van der Waals surface area contributed by atoms with E-state index >= 15 is 0 Å². The van der Waals surface area contributed by atoms with Gasteiger partial charge in [0.15, 0.2) is 5.65 Å². The predicted molar refractivity (Wildman–Crippen MR) is 109 cm³/mol.